The van der Waals surface area contributed by atoms with E-state index < -0.39 is 12.1 Å². The molecule has 5 rings (SSSR count). The van der Waals surface area contributed by atoms with E-state index in [2.05, 4.69) is 10.6 Å². The normalized spacial score (nSPS) is 20.1. The summed E-state index contributed by atoms with van der Waals surface area (Å²) in [4.78, 5) is 43.7. The molecule has 12 nitrogen and oxygen atoms in total. The third-order valence-corrected chi connectivity index (χ3v) is 8.97. The second kappa shape index (κ2) is 17.2. The Morgan fingerprint density at radius 1 is 0.960 bits per heavy atom. The van der Waals surface area contributed by atoms with Gasteiger partial charge in [0.1, 0.15) is 5.75 Å². The number of fused-ring (bicyclic) bond motifs is 2. The van der Waals surface area contributed by atoms with Gasteiger partial charge in [-0.1, -0.05) is 37.3 Å². The quantitative estimate of drug-likeness (QED) is 0.280. The van der Waals surface area contributed by atoms with Crippen LogP contribution in [0.1, 0.15) is 56.0 Å². The predicted molar refractivity (Wildman–Crippen MR) is 190 cm³/mol. The van der Waals surface area contributed by atoms with Crippen molar-refractivity contribution in [3.05, 3.63) is 77.9 Å². The average Bonchev–Trinajstić information content (AvgIpc) is 3.58. The van der Waals surface area contributed by atoms with Crippen molar-refractivity contribution in [2.75, 3.05) is 50.8 Å². The van der Waals surface area contributed by atoms with Crippen LogP contribution in [0.4, 0.5) is 16.2 Å². The number of likely N-dealkylation sites (N-methyl/N-ethyl adjacent to an activating group) is 1. The van der Waals surface area contributed by atoms with Crippen LogP contribution in [0.15, 0.2) is 66.7 Å². The zero-order chi connectivity index (χ0) is 35.6. The molecule has 2 aliphatic heterocycles. The summed E-state index contributed by atoms with van der Waals surface area (Å²) in [5, 5.41) is 16.1. The largest absolute Gasteiger partial charge is 0.490 e. The molecule has 2 heterocycles. The molecule has 3 N–H and O–H groups in total. The molecule has 0 aromatic heterocycles. The molecule has 0 aliphatic carbocycles. The lowest BCUT2D eigenvalue weighted by atomic mass is 10.0. The smallest absolute Gasteiger partial charge is 0.321 e. The van der Waals surface area contributed by atoms with Gasteiger partial charge in [-0.05, 0) is 69.0 Å². The number of urea groups is 1. The Hall–Kier alpha value is -4.81. The van der Waals surface area contributed by atoms with Gasteiger partial charge in [-0.3, -0.25) is 9.59 Å². The first-order chi connectivity index (χ1) is 24.1. The molecule has 0 unspecified atom stereocenters. The molecule has 0 fully saturated rings. The van der Waals surface area contributed by atoms with Crippen LogP contribution in [-0.4, -0.2) is 91.1 Å². The molecule has 50 heavy (non-hydrogen) atoms. The van der Waals surface area contributed by atoms with Crippen molar-refractivity contribution in [2.45, 2.75) is 64.7 Å². The number of nitrogens with zero attached hydrogens (tertiary/aromatic N) is 2. The highest BCUT2D eigenvalue weighted by atomic mass is 16.7. The fourth-order valence-corrected chi connectivity index (χ4v) is 6.00. The predicted octanol–water partition coefficient (Wildman–Crippen LogP) is 5.56. The van der Waals surface area contributed by atoms with Crippen molar-refractivity contribution in [1.29, 1.82) is 0 Å². The Morgan fingerprint density at radius 2 is 1.68 bits per heavy atom. The zero-order valence-corrected chi connectivity index (χ0v) is 29.2. The van der Waals surface area contributed by atoms with E-state index in [0.717, 1.165) is 24.8 Å². The maximum absolute atomic E-state index is 14.4. The van der Waals surface area contributed by atoms with Gasteiger partial charge in [0.25, 0.3) is 5.91 Å². The van der Waals surface area contributed by atoms with Gasteiger partial charge in [0.2, 0.25) is 12.7 Å². The van der Waals surface area contributed by atoms with Crippen molar-refractivity contribution in [1.82, 2.24) is 9.80 Å². The topological polar surface area (TPSA) is 139 Å². The number of rotatable bonds is 8. The van der Waals surface area contributed by atoms with Crippen LogP contribution in [0.3, 0.4) is 0 Å². The Bertz CT molecular complexity index is 1620. The number of carbonyl (C=O) groups is 3. The molecule has 4 amide bonds. The van der Waals surface area contributed by atoms with E-state index in [4.69, 9.17) is 18.9 Å². The van der Waals surface area contributed by atoms with Gasteiger partial charge in [-0.25, -0.2) is 4.79 Å². The maximum atomic E-state index is 14.4. The summed E-state index contributed by atoms with van der Waals surface area (Å²) >= 11 is 0. The number of carbonyl (C=O) groups excluding carboxylic acids is 3. The molecule has 0 radical (unpaired) electrons. The van der Waals surface area contributed by atoms with E-state index in [1.165, 1.54) is 0 Å². The molecular formula is C38H48N4O8. The fraction of sp³-hybridized carbons (Fsp3) is 0.447. The minimum absolute atomic E-state index is 0.141. The zero-order valence-electron chi connectivity index (χ0n) is 29.2. The van der Waals surface area contributed by atoms with Gasteiger partial charge in [0.05, 0.1) is 36.8 Å². The number of amides is 4. The first-order valence-electron chi connectivity index (χ1n) is 17.2. The number of anilines is 2. The maximum Gasteiger partial charge on any atom is 0.321 e. The van der Waals surface area contributed by atoms with Crippen LogP contribution in [0.25, 0.3) is 0 Å². The highest BCUT2D eigenvalue weighted by Crippen LogP contribution is 2.34. The van der Waals surface area contributed by atoms with Crippen LogP contribution in [0, 0.1) is 5.92 Å². The lowest BCUT2D eigenvalue weighted by Crippen LogP contribution is -2.48. The Balaban J connectivity index is 1.35. The summed E-state index contributed by atoms with van der Waals surface area (Å²) in [6.45, 7) is 6.58. The van der Waals surface area contributed by atoms with Crippen LogP contribution in [0.5, 0.6) is 17.2 Å². The van der Waals surface area contributed by atoms with Crippen LogP contribution >= 0.6 is 0 Å². The third-order valence-electron chi connectivity index (χ3n) is 8.97. The van der Waals surface area contributed by atoms with Crippen molar-refractivity contribution in [2.24, 2.45) is 5.92 Å². The third kappa shape index (κ3) is 9.66. The van der Waals surface area contributed by atoms with E-state index in [9.17, 15) is 19.5 Å². The number of hydrogen-bond donors (Lipinski definition) is 3. The number of aliphatic hydroxyl groups is 1. The Labute approximate surface area is 293 Å². The van der Waals surface area contributed by atoms with Crippen molar-refractivity contribution in [3.8, 4) is 17.2 Å². The Kier molecular flexibility index (Phi) is 12.6. The molecule has 0 saturated carbocycles. The van der Waals surface area contributed by atoms with Gasteiger partial charge in [-0.15, -0.1) is 0 Å². The number of hydrogen-bond acceptors (Lipinski definition) is 8. The van der Waals surface area contributed by atoms with E-state index in [0.29, 0.717) is 35.2 Å². The van der Waals surface area contributed by atoms with Gasteiger partial charge >= 0.3 is 6.03 Å². The summed E-state index contributed by atoms with van der Waals surface area (Å²) < 4.78 is 23.5. The summed E-state index contributed by atoms with van der Waals surface area (Å²) in [5.74, 6) is 0.829. The minimum atomic E-state index is -0.535. The molecule has 3 aromatic carbocycles. The van der Waals surface area contributed by atoms with E-state index in [1.807, 2.05) is 44.2 Å². The summed E-state index contributed by atoms with van der Waals surface area (Å²) in [5.41, 5.74) is 2.21. The first-order valence-corrected chi connectivity index (χ1v) is 17.2. The molecule has 3 aromatic rings. The SMILES string of the molecule is C[C@@H]1CCCCO[C@H](CN(C)C(=O)Nc2ccc3c(c2)OCO3)[C@@H](C)CN([C@H](C)CO)C(=O)c2cc(NC(=O)Cc3ccccc3)ccc2O1. The lowest BCUT2D eigenvalue weighted by molar-refractivity contribution is -0.115. The van der Waals surface area contributed by atoms with Crippen LogP contribution in [0.2, 0.25) is 0 Å². The molecular weight excluding hydrogens is 640 g/mol. The summed E-state index contributed by atoms with van der Waals surface area (Å²) in [6.07, 6.45) is 1.96. The number of nitrogens with one attached hydrogen (secondary N) is 2. The first kappa shape index (κ1) is 36.5. The van der Waals surface area contributed by atoms with Crippen LogP contribution in [-0.2, 0) is 16.0 Å². The van der Waals surface area contributed by atoms with Gasteiger partial charge in [0, 0.05) is 50.1 Å². The second-order valence-electron chi connectivity index (χ2n) is 13.1. The van der Waals surface area contributed by atoms with E-state index in [-0.39, 0.29) is 68.3 Å². The lowest BCUT2D eigenvalue weighted by Gasteiger charge is -2.35. The van der Waals surface area contributed by atoms with Gasteiger partial charge in [0.15, 0.2) is 11.5 Å². The van der Waals surface area contributed by atoms with Crippen molar-refractivity contribution in [3.63, 3.8) is 0 Å². The standard InChI is InChI=1S/C38H48N4O8/c1-25-21-42(26(2)23-43)37(45)31-19-29(39-36(44)18-28-11-6-5-7-12-28)13-15-32(31)50-27(3)10-8-9-17-47-35(25)22-41(4)38(46)40-30-14-16-33-34(20-30)49-24-48-33/h5-7,11-16,19-20,25-27,35,43H,8-10,17-18,21-24H2,1-4H3,(H,39,44)(H,40,46)/t25-,26+,27+,35+/m0/s1. The van der Waals surface area contributed by atoms with E-state index >= 15 is 0 Å². The molecule has 0 saturated heterocycles. The van der Waals surface area contributed by atoms with Gasteiger partial charge in [-0.2, -0.15) is 0 Å². The van der Waals surface area contributed by atoms with E-state index in [1.54, 1.807) is 60.2 Å². The number of ether oxygens (including phenoxy) is 4. The molecule has 268 valence electrons. The van der Waals surface area contributed by atoms with Gasteiger partial charge < -0.3 is 44.5 Å². The van der Waals surface area contributed by atoms with Crippen molar-refractivity contribution >= 4 is 29.2 Å². The van der Waals surface area contributed by atoms with Crippen molar-refractivity contribution < 1.29 is 38.4 Å². The second-order valence-corrected chi connectivity index (χ2v) is 13.1. The molecule has 0 bridgehead atoms. The molecule has 0 spiro atoms. The number of benzene rings is 3. The molecule has 12 heteroatoms. The van der Waals surface area contributed by atoms with Crippen LogP contribution < -0.4 is 24.8 Å². The average molecular weight is 689 g/mol. The highest BCUT2D eigenvalue weighted by Gasteiger charge is 2.31. The molecule has 4 atom stereocenters. The highest BCUT2D eigenvalue weighted by molar-refractivity contribution is 6.00. The fourth-order valence-electron chi connectivity index (χ4n) is 6.00. The minimum Gasteiger partial charge on any atom is -0.490 e. The summed E-state index contributed by atoms with van der Waals surface area (Å²) in [6, 6.07) is 18.9. The molecule has 2 aliphatic rings. The summed E-state index contributed by atoms with van der Waals surface area (Å²) in [7, 11) is 1.70. The number of aliphatic hydroxyl groups excluding tert-OH is 1. The monoisotopic (exact) mass is 688 g/mol. The Morgan fingerprint density at radius 3 is 2.44 bits per heavy atom.